The summed E-state index contributed by atoms with van der Waals surface area (Å²) in [7, 11) is 0. The van der Waals surface area contributed by atoms with Gasteiger partial charge in [-0.15, -0.1) is 0 Å². The van der Waals surface area contributed by atoms with Crippen LogP contribution in [0.25, 0.3) is 0 Å². The molecule has 25 heavy (non-hydrogen) atoms. The van der Waals surface area contributed by atoms with Crippen molar-refractivity contribution < 1.29 is 9.59 Å². The number of nitrogens with one attached hydrogen (secondary N) is 1. The van der Waals surface area contributed by atoms with Crippen molar-refractivity contribution in [2.24, 2.45) is 5.73 Å². The number of primary amides is 1. The number of carbonyl (C=O) groups is 2. The fraction of sp³-hybridized carbons (Fsp3) is 0.105. The van der Waals surface area contributed by atoms with Crippen molar-refractivity contribution in [2.45, 2.75) is 12.6 Å². The second-order valence-electron chi connectivity index (χ2n) is 5.62. The number of benzene rings is 2. The molecule has 1 heterocycles. The van der Waals surface area contributed by atoms with Crippen LogP contribution in [0, 0.1) is 0 Å². The van der Waals surface area contributed by atoms with Gasteiger partial charge in [0.1, 0.15) is 6.04 Å². The molecular formula is C19H18N4O2. The van der Waals surface area contributed by atoms with Crippen molar-refractivity contribution in [1.82, 2.24) is 15.1 Å². The number of nitrogens with zero attached hydrogens (tertiary/aromatic N) is 2. The smallest absolute Gasteiger partial charge is 0.252 e. The molecule has 0 aliphatic carbocycles. The molecule has 3 N–H and O–H groups in total. The molecule has 0 spiro atoms. The number of rotatable bonds is 6. The van der Waals surface area contributed by atoms with Crippen LogP contribution >= 0.6 is 0 Å². The zero-order chi connectivity index (χ0) is 17.6. The Morgan fingerprint density at radius 3 is 2.36 bits per heavy atom. The molecule has 3 aromatic rings. The minimum absolute atomic E-state index is 0.349. The highest BCUT2D eigenvalue weighted by atomic mass is 16.2. The fourth-order valence-electron chi connectivity index (χ4n) is 2.52. The highest BCUT2D eigenvalue weighted by Gasteiger charge is 2.20. The molecule has 126 valence electrons. The third-order valence-electron chi connectivity index (χ3n) is 3.81. The van der Waals surface area contributed by atoms with Gasteiger partial charge in [-0.3, -0.25) is 14.3 Å². The molecule has 6 heteroatoms. The Labute approximate surface area is 145 Å². The quantitative estimate of drug-likeness (QED) is 0.721. The molecule has 1 atom stereocenters. The molecule has 0 bridgehead atoms. The molecule has 0 radical (unpaired) electrons. The summed E-state index contributed by atoms with van der Waals surface area (Å²) in [5.74, 6) is -0.951. The zero-order valence-corrected chi connectivity index (χ0v) is 13.5. The average Bonchev–Trinajstić information content (AvgIpc) is 3.13. The predicted octanol–water partition coefficient (Wildman–Crippen LogP) is 1.89. The Bertz CT molecular complexity index is 843. The normalized spacial score (nSPS) is 11.7. The number of nitrogens with two attached hydrogens (primary N) is 1. The Kier molecular flexibility index (Phi) is 4.89. The predicted molar refractivity (Wildman–Crippen MR) is 93.6 cm³/mol. The Hall–Kier alpha value is -3.41. The molecule has 0 saturated heterocycles. The summed E-state index contributed by atoms with van der Waals surface area (Å²) in [5, 5.41) is 6.83. The van der Waals surface area contributed by atoms with Gasteiger partial charge in [0.25, 0.3) is 5.91 Å². The van der Waals surface area contributed by atoms with Gasteiger partial charge in [-0.05, 0) is 29.3 Å². The molecule has 2 amide bonds. The van der Waals surface area contributed by atoms with Gasteiger partial charge < -0.3 is 11.1 Å². The minimum atomic E-state index is -0.863. The molecule has 0 aliphatic rings. The van der Waals surface area contributed by atoms with Crippen LogP contribution in [0.15, 0.2) is 73.1 Å². The molecule has 2 aromatic carbocycles. The number of hydrogen-bond acceptors (Lipinski definition) is 3. The summed E-state index contributed by atoms with van der Waals surface area (Å²) in [4.78, 5) is 24.1. The second kappa shape index (κ2) is 7.44. The van der Waals surface area contributed by atoms with Gasteiger partial charge in [-0.1, -0.05) is 42.5 Å². The SMILES string of the molecule is NC(=O)C(NC(=O)c1ccc(Cn2cccn2)cc1)c1ccccc1. The van der Waals surface area contributed by atoms with Gasteiger partial charge >= 0.3 is 0 Å². The molecule has 0 fully saturated rings. The first-order chi connectivity index (χ1) is 12.1. The molecule has 3 rings (SSSR count). The summed E-state index contributed by atoms with van der Waals surface area (Å²) in [6, 6.07) is 17.1. The summed E-state index contributed by atoms with van der Waals surface area (Å²) in [6.07, 6.45) is 3.59. The lowest BCUT2D eigenvalue weighted by Gasteiger charge is -2.16. The highest BCUT2D eigenvalue weighted by Crippen LogP contribution is 2.14. The Morgan fingerprint density at radius 2 is 1.76 bits per heavy atom. The van der Waals surface area contributed by atoms with Crippen LogP contribution in [0.2, 0.25) is 0 Å². The van der Waals surface area contributed by atoms with Crippen molar-refractivity contribution >= 4 is 11.8 Å². The Morgan fingerprint density at radius 1 is 1.04 bits per heavy atom. The van der Waals surface area contributed by atoms with Gasteiger partial charge in [0.2, 0.25) is 5.91 Å². The van der Waals surface area contributed by atoms with Crippen molar-refractivity contribution in [3.8, 4) is 0 Å². The summed E-state index contributed by atoms with van der Waals surface area (Å²) < 4.78 is 1.80. The molecular weight excluding hydrogens is 316 g/mol. The van der Waals surface area contributed by atoms with Gasteiger partial charge in [0, 0.05) is 18.0 Å². The lowest BCUT2D eigenvalue weighted by molar-refractivity contribution is -0.120. The third kappa shape index (κ3) is 4.11. The maximum atomic E-state index is 12.4. The zero-order valence-electron chi connectivity index (χ0n) is 13.5. The van der Waals surface area contributed by atoms with E-state index in [1.807, 2.05) is 30.5 Å². The van der Waals surface area contributed by atoms with E-state index in [2.05, 4.69) is 10.4 Å². The van der Waals surface area contributed by atoms with E-state index >= 15 is 0 Å². The lowest BCUT2D eigenvalue weighted by atomic mass is 10.1. The monoisotopic (exact) mass is 334 g/mol. The topological polar surface area (TPSA) is 90.0 Å². The largest absolute Gasteiger partial charge is 0.368 e. The fourth-order valence-corrected chi connectivity index (χ4v) is 2.52. The first kappa shape index (κ1) is 16.4. The van der Waals surface area contributed by atoms with Crippen molar-refractivity contribution in [3.63, 3.8) is 0 Å². The summed E-state index contributed by atoms with van der Waals surface area (Å²) >= 11 is 0. The molecule has 6 nitrogen and oxygen atoms in total. The van der Waals surface area contributed by atoms with E-state index in [0.29, 0.717) is 17.7 Å². The second-order valence-corrected chi connectivity index (χ2v) is 5.62. The van der Waals surface area contributed by atoms with E-state index in [1.165, 1.54) is 0 Å². The first-order valence-electron chi connectivity index (χ1n) is 7.85. The Balaban J connectivity index is 1.70. The van der Waals surface area contributed by atoms with Crippen LogP contribution in [0.3, 0.4) is 0 Å². The van der Waals surface area contributed by atoms with Crippen molar-refractivity contribution in [3.05, 3.63) is 89.7 Å². The van der Waals surface area contributed by atoms with E-state index in [1.54, 1.807) is 47.3 Å². The number of aromatic nitrogens is 2. The standard InChI is InChI=1S/C19H18N4O2/c20-18(24)17(15-5-2-1-3-6-15)22-19(25)16-9-7-14(8-10-16)13-23-12-4-11-21-23/h1-12,17H,13H2,(H2,20,24)(H,22,25). The van der Waals surface area contributed by atoms with Crippen LogP contribution < -0.4 is 11.1 Å². The van der Waals surface area contributed by atoms with Gasteiger partial charge in [-0.2, -0.15) is 5.10 Å². The first-order valence-corrected chi connectivity index (χ1v) is 7.85. The van der Waals surface area contributed by atoms with E-state index < -0.39 is 11.9 Å². The van der Waals surface area contributed by atoms with Crippen molar-refractivity contribution in [1.29, 1.82) is 0 Å². The molecule has 1 aromatic heterocycles. The van der Waals surface area contributed by atoms with Crippen LogP contribution in [0.1, 0.15) is 27.5 Å². The van der Waals surface area contributed by atoms with Crippen LogP contribution in [-0.2, 0) is 11.3 Å². The number of amides is 2. The average molecular weight is 334 g/mol. The molecule has 1 unspecified atom stereocenters. The van der Waals surface area contributed by atoms with Crippen molar-refractivity contribution in [2.75, 3.05) is 0 Å². The highest BCUT2D eigenvalue weighted by molar-refractivity contribution is 5.97. The van der Waals surface area contributed by atoms with Gasteiger partial charge in [0.15, 0.2) is 0 Å². The van der Waals surface area contributed by atoms with Crippen LogP contribution in [0.5, 0.6) is 0 Å². The van der Waals surface area contributed by atoms with Gasteiger partial charge in [0.05, 0.1) is 6.54 Å². The van der Waals surface area contributed by atoms with Gasteiger partial charge in [-0.25, -0.2) is 0 Å². The van der Waals surface area contributed by atoms with E-state index in [4.69, 9.17) is 5.73 Å². The molecule has 0 aliphatic heterocycles. The van der Waals surface area contributed by atoms with Crippen LogP contribution in [-0.4, -0.2) is 21.6 Å². The molecule has 0 saturated carbocycles. The van der Waals surface area contributed by atoms with E-state index in [0.717, 1.165) is 5.56 Å². The number of hydrogen-bond donors (Lipinski definition) is 2. The summed E-state index contributed by atoms with van der Waals surface area (Å²) in [5.41, 5.74) is 7.57. The minimum Gasteiger partial charge on any atom is -0.368 e. The third-order valence-corrected chi connectivity index (χ3v) is 3.81. The maximum Gasteiger partial charge on any atom is 0.252 e. The van der Waals surface area contributed by atoms with E-state index in [9.17, 15) is 9.59 Å². The number of carbonyl (C=O) groups excluding carboxylic acids is 2. The lowest BCUT2D eigenvalue weighted by Crippen LogP contribution is -2.37. The van der Waals surface area contributed by atoms with Crippen LogP contribution in [0.4, 0.5) is 0 Å². The van der Waals surface area contributed by atoms with E-state index in [-0.39, 0.29) is 5.91 Å². The maximum absolute atomic E-state index is 12.4. The summed E-state index contributed by atoms with van der Waals surface area (Å²) in [6.45, 7) is 0.628.